The van der Waals surface area contributed by atoms with Gasteiger partial charge in [0.2, 0.25) is 0 Å². The molecule has 0 bridgehead atoms. The molecule has 1 saturated carbocycles. The summed E-state index contributed by atoms with van der Waals surface area (Å²) in [5.41, 5.74) is 1.02. The summed E-state index contributed by atoms with van der Waals surface area (Å²) in [6.45, 7) is 21.9. The lowest BCUT2D eigenvalue weighted by atomic mass is 9.62. The third kappa shape index (κ3) is 7.29. The van der Waals surface area contributed by atoms with Gasteiger partial charge in [-0.05, 0) is 88.3 Å². The Morgan fingerprint density at radius 2 is 1.76 bits per heavy atom. The van der Waals surface area contributed by atoms with Crippen LogP contribution in [0.5, 0.6) is 0 Å². The molecule has 1 heterocycles. The smallest absolute Gasteiger partial charge is 0.311 e. The molecular weight excluding hydrogens is 480 g/mol. The van der Waals surface area contributed by atoms with Crippen LogP contribution in [0, 0.1) is 29.1 Å². The molecular formula is C31H54O5Si. The Balaban J connectivity index is 1.71. The SMILES string of the molecule is CCC(C)(C)C(=O)O[C@H]1C[C@@H](C)CC2=CC[C@H](C)[C@H](CC[C@@H]3C[C@@H](O[Si](C)(C)C(C)(C)C)CC(=O)O3)[C@H]21. The van der Waals surface area contributed by atoms with Crippen molar-refractivity contribution in [3.05, 3.63) is 11.6 Å². The molecule has 3 aliphatic rings. The van der Waals surface area contributed by atoms with Gasteiger partial charge in [-0.1, -0.05) is 53.2 Å². The van der Waals surface area contributed by atoms with Crippen LogP contribution in [0.1, 0.15) is 107 Å². The Morgan fingerprint density at radius 1 is 1.08 bits per heavy atom. The summed E-state index contributed by atoms with van der Waals surface area (Å²) in [4.78, 5) is 25.6. The zero-order valence-corrected chi connectivity index (χ0v) is 26.3. The van der Waals surface area contributed by atoms with E-state index in [0.29, 0.717) is 24.2 Å². The Bertz CT molecular complexity index is 854. The van der Waals surface area contributed by atoms with Crippen LogP contribution >= 0.6 is 0 Å². The average Bonchev–Trinajstić information content (AvgIpc) is 2.77. The fraction of sp³-hybridized carbons (Fsp3) is 0.871. The molecule has 6 heteroatoms. The van der Waals surface area contributed by atoms with Gasteiger partial charge >= 0.3 is 11.9 Å². The molecule has 2 fully saturated rings. The first-order valence-electron chi connectivity index (χ1n) is 14.8. The minimum Gasteiger partial charge on any atom is -0.462 e. The van der Waals surface area contributed by atoms with Gasteiger partial charge in [-0.3, -0.25) is 9.59 Å². The van der Waals surface area contributed by atoms with Gasteiger partial charge in [-0.25, -0.2) is 0 Å². The molecule has 7 atom stereocenters. The van der Waals surface area contributed by atoms with Crippen LogP contribution in [0.15, 0.2) is 11.6 Å². The number of esters is 2. The van der Waals surface area contributed by atoms with Crippen molar-refractivity contribution < 1.29 is 23.5 Å². The second-order valence-corrected chi connectivity index (χ2v) is 19.3. The van der Waals surface area contributed by atoms with Crippen LogP contribution in [0.3, 0.4) is 0 Å². The first-order valence-corrected chi connectivity index (χ1v) is 17.7. The van der Waals surface area contributed by atoms with Crippen molar-refractivity contribution >= 4 is 20.3 Å². The second kappa shape index (κ2) is 11.5. The summed E-state index contributed by atoms with van der Waals surface area (Å²) in [5, 5.41) is 0.112. The van der Waals surface area contributed by atoms with Crippen molar-refractivity contribution in [2.75, 3.05) is 0 Å². The molecule has 0 N–H and O–H groups in total. The highest BCUT2D eigenvalue weighted by Crippen LogP contribution is 2.48. The Hall–Kier alpha value is -1.14. The summed E-state index contributed by atoms with van der Waals surface area (Å²) >= 11 is 0. The highest BCUT2D eigenvalue weighted by molar-refractivity contribution is 6.74. The van der Waals surface area contributed by atoms with E-state index in [4.69, 9.17) is 13.9 Å². The number of hydrogen-bond acceptors (Lipinski definition) is 5. The lowest BCUT2D eigenvalue weighted by Gasteiger charge is -2.46. The number of carbonyl (C=O) groups excluding carboxylic acids is 2. The molecule has 2 aliphatic carbocycles. The predicted molar refractivity (Wildman–Crippen MR) is 152 cm³/mol. The van der Waals surface area contributed by atoms with Gasteiger partial charge in [-0.2, -0.15) is 0 Å². The minimum absolute atomic E-state index is 0.0492. The number of allylic oxidation sites excluding steroid dienone is 1. The standard InChI is InChI=1S/C31H54O5Si/c1-11-31(7,8)29(33)35-26-17-20(2)16-22-13-12-21(3)25(28(22)26)15-14-23-18-24(19-27(32)34-23)36-37(9,10)30(4,5)6/h13,20-21,23-26,28H,11-12,14-19H2,1-10H3/t20-,21-,23+,24+,25-,26-,28-/m0/s1. The highest BCUT2D eigenvalue weighted by atomic mass is 28.4. The van der Waals surface area contributed by atoms with Crippen molar-refractivity contribution in [1.29, 1.82) is 0 Å². The summed E-state index contributed by atoms with van der Waals surface area (Å²) in [6.07, 6.45) is 9.06. The molecule has 0 aromatic rings. The molecule has 0 amide bonds. The first-order chi connectivity index (χ1) is 17.0. The van der Waals surface area contributed by atoms with E-state index in [1.807, 2.05) is 13.8 Å². The number of carbonyl (C=O) groups is 2. The molecule has 0 unspecified atom stereocenters. The third-order valence-electron chi connectivity index (χ3n) is 9.99. The lowest BCUT2D eigenvalue weighted by Crippen LogP contribution is -2.47. The quantitative estimate of drug-likeness (QED) is 0.180. The zero-order valence-electron chi connectivity index (χ0n) is 25.3. The van der Waals surface area contributed by atoms with Crippen molar-refractivity contribution in [1.82, 2.24) is 0 Å². The zero-order chi connectivity index (χ0) is 27.8. The van der Waals surface area contributed by atoms with Gasteiger partial charge < -0.3 is 13.9 Å². The van der Waals surface area contributed by atoms with Crippen LogP contribution in [0.2, 0.25) is 18.1 Å². The maximum atomic E-state index is 13.1. The van der Waals surface area contributed by atoms with Crippen LogP contribution in [0.25, 0.3) is 0 Å². The van der Waals surface area contributed by atoms with Gasteiger partial charge in [-0.15, -0.1) is 0 Å². The summed E-state index contributed by atoms with van der Waals surface area (Å²) in [5.74, 6) is 1.54. The monoisotopic (exact) mass is 534 g/mol. The molecule has 0 aromatic carbocycles. The largest absolute Gasteiger partial charge is 0.462 e. The molecule has 3 rings (SSSR count). The Kier molecular flexibility index (Phi) is 9.48. The predicted octanol–water partition coefficient (Wildman–Crippen LogP) is 7.84. The van der Waals surface area contributed by atoms with E-state index < -0.39 is 13.7 Å². The van der Waals surface area contributed by atoms with Gasteiger partial charge in [0.25, 0.3) is 0 Å². The summed E-state index contributed by atoms with van der Waals surface area (Å²) in [6, 6.07) is 0. The van der Waals surface area contributed by atoms with E-state index in [9.17, 15) is 9.59 Å². The van der Waals surface area contributed by atoms with Crippen molar-refractivity contribution in [2.45, 2.75) is 143 Å². The van der Waals surface area contributed by atoms with Gasteiger partial charge in [0.1, 0.15) is 12.2 Å². The second-order valence-electron chi connectivity index (χ2n) is 14.5. The van der Waals surface area contributed by atoms with Crippen LogP contribution < -0.4 is 0 Å². The Morgan fingerprint density at radius 3 is 2.38 bits per heavy atom. The summed E-state index contributed by atoms with van der Waals surface area (Å²) in [7, 11) is -1.95. The molecule has 5 nitrogen and oxygen atoms in total. The fourth-order valence-corrected chi connectivity index (χ4v) is 7.52. The maximum absolute atomic E-state index is 13.1. The molecule has 37 heavy (non-hydrogen) atoms. The number of hydrogen-bond donors (Lipinski definition) is 0. The average molecular weight is 535 g/mol. The molecule has 0 aromatic heterocycles. The van der Waals surface area contributed by atoms with E-state index in [-0.39, 0.29) is 41.2 Å². The maximum Gasteiger partial charge on any atom is 0.311 e. The molecule has 0 radical (unpaired) electrons. The van der Waals surface area contributed by atoms with E-state index >= 15 is 0 Å². The van der Waals surface area contributed by atoms with E-state index in [1.165, 1.54) is 5.57 Å². The molecule has 1 aliphatic heterocycles. The highest BCUT2D eigenvalue weighted by Gasteiger charge is 2.45. The Labute approximate surface area is 227 Å². The third-order valence-corrected chi connectivity index (χ3v) is 14.5. The molecule has 1 saturated heterocycles. The number of rotatable bonds is 8. The van der Waals surface area contributed by atoms with Crippen molar-refractivity contribution in [2.24, 2.45) is 29.1 Å². The lowest BCUT2D eigenvalue weighted by molar-refractivity contribution is -0.167. The van der Waals surface area contributed by atoms with Crippen molar-refractivity contribution in [3.8, 4) is 0 Å². The van der Waals surface area contributed by atoms with Crippen LogP contribution in [0.4, 0.5) is 0 Å². The van der Waals surface area contributed by atoms with Crippen molar-refractivity contribution in [3.63, 3.8) is 0 Å². The molecule has 212 valence electrons. The number of fused-ring (bicyclic) bond motifs is 1. The summed E-state index contributed by atoms with van der Waals surface area (Å²) < 4.78 is 18.8. The van der Waals surface area contributed by atoms with Gasteiger partial charge in [0.15, 0.2) is 8.32 Å². The normalized spacial score (nSPS) is 33.3. The van der Waals surface area contributed by atoms with Gasteiger partial charge in [0.05, 0.1) is 17.9 Å². The van der Waals surface area contributed by atoms with E-state index in [1.54, 1.807) is 0 Å². The fourth-order valence-electron chi connectivity index (χ4n) is 6.15. The number of ether oxygens (including phenoxy) is 2. The van der Waals surface area contributed by atoms with Crippen LogP contribution in [-0.4, -0.2) is 38.6 Å². The van der Waals surface area contributed by atoms with Gasteiger partial charge in [0, 0.05) is 12.3 Å². The van der Waals surface area contributed by atoms with E-state index in [0.717, 1.165) is 44.9 Å². The minimum atomic E-state index is -1.95. The molecule has 0 spiro atoms. The topological polar surface area (TPSA) is 61.8 Å². The first kappa shape index (κ1) is 30.4. The van der Waals surface area contributed by atoms with Crippen LogP contribution in [-0.2, 0) is 23.5 Å². The number of cyclic esters (lactones) is 1. The van der Waals surface area contributed by atoms with E-state index in [2.05, 4.69) is 60.7 Å².